The summed E-state index contributed by atoms with van der Waals surface area (Å²) in [5.41, 5.74) is 2.74. The Labute approximate surface area is 106 Å². The lowest BCUT2D eigenvalue weighted by atomic mass is 10.1. The van der Waals surface area contributed by atoms with Gasteiger partial charge in [0.25, 0.3) is 0 Å². The van der Waals surface area contributed by atoms with Crippen molar-refractivity contribution in [3.63, 3.8) is 0 Å². The third-order valence-corrected chi connectivity index (χ3v) is 3.12. The first kappa shape index (κ1) is 12.1. The van der Waals surface area contributed by atoms with Gasteiger partial charge in [-0.05, 0) is 37.6 Å². The molecule has 0 spiro atoms. The normalized spacial score (nSPS) is 14.0. The van der Waals surface area contributed by atoms with Crippen molar-refractivity contribution in [3.8, 4) is 0 Å². The molecule has 0 aliphatic heterocycles. The highest BCUT2D eigenvalue weighted by atomic mass is 35.5. The first-order valence-electron chi connectivity index (χ1n) is 5.49. The summed E-state index contributed by atoms with van der Waals surface area (Å²) < 4.78 is 0. The Morgan fingerprint density at radius 1 is 1.41 bits per heavy atom. The number of rotatable bonds is 2. The molecule has 0 amide bonds. The standard InChI is InChI=1S/C14H14ClNO/c1-9(10(2)17)8-11-5-6-13(15)12-4-3-7-16-14(11)12/h3-8,10,17H,1-2H3/b9-8+. The van der Waals surface area contributed by atoms with Crippen molar-refractivity contribution in [2.75, 3.05) is 0 Å². The van der Waals surface area contributed by atoms with Crippen LogP contribution in [0.3, 0.4) is 0 Å². The maximum Gasteiger partial charge on any atom is 0.0789 e. The molecule has 3 heteroatoms. The van der Waals surface area contributed by atoms with Crippen LogP contribution in [0.5, 0.6) is 0 Å². The average molecular weight is 248 g/mol. The topological polar surface area (TPSA) is 33.1 Å². The molecular formula is C14H14ClNO. The molecule has 0 radical (unpaired) electrons. The number of hydrogen-bond acceptors (Lipinski definition) is 2. The van der Waals surface area contributed by atoms with Gasteiger partial charge in [-0.15, -0.1) is 0 Å². The summed E-state index contributed by atoms with van der Waals surface area (Å²) in [4.78, 5) is 4.34. The van der Waals surface area contributed by atoms with Gasteiger partial charge < -0.3 is 5.11 Å². The van der Waals surface area contributed by atoms with Gasteiger partial charge in [-0.3, -0.25) is 4.98 Å². The predicted octanol–water partition coefficient (Wildman–Crippen LogP) is 3.67. The van der Waals surface area contributed by atoms with Crippen molar-refractivity contribution < 1.29 is 5.11 Å². The molecule has 2 rings (SSSR count). The maximum absolute atomic E-state index is 9.49. The number of pyridine rings is 1. The number of aliphatic hydroxyl groups excluding tert-OH is 1. The van der Waals surface area contributed by atoms with Crippen LogP contribution >= 0.6 is 11.6 Å². The highest BCUT2D eigenvalue weighted by Crippen LogP contribution is 2.26. The second-order valence-corrected chi connectivity index (χ2v) is 4.51. The van der Waals surface area contributed by atoms with Gasteiger partial charge in [-0.1, -0.05) is 23.7 Å². The molecule has 0 fully saturated rings. The molecule has 88 valence electrons. The van der Waals surface area contributed by atoms with Gasteiger partial charge in [0, 0.05) is 17.1 Å². The molecule has 1 aromatic heterocycles. The van der Waals surface area contributed by atoms with E-state index in [4.69, 9.17) is 11.6 Å². The summed E-state index contributed by atoms with van der Waals surface area (Å²) in [5.74, 6) is 0. The van der Waals surface area contributed by atoms with Gasteiger partial charge in [0.2, 0.25) is 0 Å². The van der Waals surface area contributed by atoms with Crippen molar-refractivity contribution >= 4 is 28.6 Å². The summed E-state index contributed by atoms with van der Waals surface area (Å²) in [5, 5.41) is 11.1. The smallest absolute Gasteiger partial charge is 0.0789 e. The SMILES string of the molecule is C/C(=C\c1ccc(Cl)c2cccnc12)C(C)O. The molecule has 1 unspecified atom stereocenters. The zero-order chi connectivity index (χ0) is 12.4. The molecule has 1 N–H and O–H groups in total. The van der Waals surface area contributed by atoms with E-state index in [9.17, 15) is 5.11 Å². The zero-order valence-electron chi connectivity index (χ0n) is 9.81. The zero-order valence-corrected chi connectivity index (χ0v) is 10.6. The van der Waals surface area contributed by atoms with Gasteiger partial charge in [-0.2, -0.15) is 0 Å². The summed E-state index contributed by atoms with van der Waals surface area (Å²) in [6, 6.07) is 7.58. The third-order valence-electron chi connectivity index (χ3n) is 2.79. The lowest BCUT2D eigenvalue weighted by molar-refractivity contribution is 0.232. The van der Waals surface area contributed by atoms with Crippen molar-refractivity contribution in [1.29, 1.82) is 0 Å². The highest BCUT2D eigenvalue weighted by molar-refractivity contribution is 6.35. The number of benzene rings is 1. The fourth-order valence-corrected chi connectivity index (χ4v) is 1.86. The van der Waals surface area contributed by atoms with E-state index in [0.29, 0.717) is 5.02 Å². The van der Waals surface area contributed by atoms with Crippen LogP contribution in [0.1, 0.15) is 19.4 Å². The predicted molar refractivity (Wildman–Crippen MR) is 72.1 cm³/mol. The Morgan fingerprint density at radius 2 is 2.18 bits per heavy atom. The molecule has 0 bridgehead atoms. The second-order valence-electron chi connectivity index (χ2n) is 4.10. The summed E-state index contributed by atoms with van der Waals surface area (Å²) in [6.45, 7) is 3.64. The van der Waals surface area contributed by atoms with Crippen LogP contribution in [-0.2, 0) is 0 Å². The Bertz CT molecular complexity index is 575. The molecule has 17 heavy (non-hydrogen) atoms. The molecule has 1 aromatic carbocycles. The van der Waals surface area contributed by atoms with Crippen molar-refractivity contribution in [1.82, 2.24) is 4.98 Å². The lowest BCUT2D eigenvalue weighted by Gasteiger charge is -2.07. The Kier molecular flexibility index (Phi) is 3.46. The molecule has 1 heterocycles. The van der Waals surface area contributed by atoms with Crippen LogP contribution in [0.15, 0.2) is 36.0 Å². The average Bonchev–Trinajstić information content (AvgIpc) is 2.33. The van der Waals surface area contributed by atoms with Crippen molar-refractivity contribution in [2.45, 2.75) is 20.0 Å². The number of halogens is 1. The Balaban J connectivity index is 2.64. The number of hydrogen-bond donors (Lipinski definition) is 1. The van der Waals surface area contributed by atoms with Gasteiger partial charge in [-0.25, -0.2) is 0 Å². The fourth-order valence-electron chi connectivity index (χ4n) is 1.64. The van der Waals surface area contributed by atoms with E-state index in [1.54, 1.807) is 13.1 Å². The minimum absolute atomic E-state index is 0.454. The third kappa shape index (κ3) is 2.48. The van der Waals surface area contributed by atoms with Crippen LogP contribution in [0.2, 0.25) is 5.02 Å². The van der Waals surface area contributed by atoms with Crippen LogP contribution in [0.25, 0.3) is 17.0 Å². The van der Waals surface area contributed by atoms with Crippen LogP contribution in [0.4, 0.5) is 0 Å². The largest absolute Gasteiger partial charge is 0.389 e. The number of fused-ring (bicyclic) bond motifs is 1. The number of aromatic nitrogens is 1. The molecule has 2 nitrogen and oxygen atoms in total. The summed E-state index contributed by atoms with van der Waals surface area (Å²) >= 11 is 6.12. The first-order valence-corrected chi connectivity index (χ1v) is 5.87. The van der Waals surface area contributed by atoms with Crippen molar-refractivity contribution in [2.24, 2.45) is 0 Å². The Morgan fingerprint density at radius 3 is 2.88 bits per heavy atom. The van der Waals surface area contributed by atoms with E-state index < -0.39 is 6.10 Å². The second kappa shape index (κ2) is 4.86. The summed E-state index contributed by atoms with van der Waals surface area (Å²) in [7, 11) is 0. The quantitative estimate of drug-likeness (QED) is 0.878. The summed E-state index contributed by atoms with van der Waals surface area (Å²) in [6.07, 6.45) is 3.23. The highest BCUT2D eigenvalue weighted by Gasteiger charge is 2.05. The fraction of sp³-hybridized carbons (Fsp3) is 0.214. The van der Waals surface area contributed by atoms with E-state index in [1.165, 1.54) is 0 Å². The van der Waals surface area contributed by atoms with Gasteiger partial charge in [0.15, 0.2) is 0 Å². The maximum atomic E-state index is 9.49. The molecule has 1 atom stereocenters. The van der Waals surface area contributed by atoms with Crippen LogP contribution < -0.4 is 0 Å². The van der Waals surface area contributed by atoms with Gasteiger partial charge in [0.1, 0.15) is 0 Å². The van der Waals surface area contributed by atoms with Gasteiger partial charge in [0.05, 0.1) is 16.6 Å². The number of aliphatic hydroxyl groups is 1. The monoisotopic (exact) mass is 247 g/mol. The van der Waals surface area contributed by atoms with E-state index in [1.807, 2.05) is 37.3 Å². The van der Waals surface area contributed by atoms with E-state index in [2.05, 4.69) is 4.98 Å². The Hall–Kier alpha value is -1.38. The van der Waals surface area contributed by atoms with E-state index >= 15 is 0 Å². The molecule has 2 aromatic rings. The van der Waals surface area contributed by atoms with Crippen molar-refractivity contribution in [3.05, 3.63) is 46.6 Å². The molecular weight excluding hydrogens is 234 g/mol. The minimum atomic E-state index is -0.454. The van der Waals surface area contributed by atoms with Crippen LogP contribution in [-0.4, -0.2) is 16.2 Å². The molecule has 0 aliphatic carbocycles. The first-order chi connectivity index (χ1) is 8.09. The molecule has 0 saturated carbocycles. The van der Waals surface area contributed by atoms with Crippen LogP contribution in [0, 0.1) is 0 Å². The van der Waals surface area contributed by atoms with E-state index in [-0.39, 0.29) is 0 Å². The molecule has 0 saturated heterocycles. The molecule has 0 aliphatic rings. The van der Waals surface area contributed by atoms with E-state index in [0.717, 1.165) is 22.0 Å². The van der Waals surface area contributed by atoms with Gasteiger partial charge >= 0.3 is 0 Å². The number of nitrogens with zero attached hydrogens (tertiary/aromatic N) is 1. The minimum Gasteiger partial charge on any atom is -0.389 e. The lowest BCUT2D eigenvalue weighted by Crippen LogP contribution is -2.00.